The van der Waals surface area contributed by atoms with Crippen LogP contribution in [0.2, 0.25) is 0 Å². The molecule has 3 fully saturated rings. The normalized spacial score (nSPS) is 26.5. The van der Waals surface area contributed by atoms with Gasteiger partial charge in [0.2, 0.25) is 11.8 Å². The van der Waals surface area contributed by atoms with E-state index in [2.05, 4.69) is 13.2 Å². The van der Waals surface area contributed by atoms with Crippen molar-refractivity contribution in [2.45, 2.75) is 48.4 Å². The largest absolute Gasteiger partial charge is 0.497 e. The molecule has 42 heavy (non-hydrogen) atoms. The van der Waals surface area contributed by atoms with Crippen molar-refractivity contribution in [2.24, 2.45) is 11.8 Å². The van der Waals surface area contributed by atoms with Crippen molar-refractivity contribution in [1.29, 1.82) is 0 Å². The predicted molar refractivity (Wildman–Crippen MR) is 165 cm³/mol. The minimum Gasteiger partial charge on any atom is -0.497 e. The molecule has 222 valence electrons. The maximum absolute atomic E-state index is 14.6. The fraction of sp³-hybridized carbons (Fsp3) is 0.424. The van der Waals surface area contributed by atoms with Crippen LogP contribution in [0.15, 0.2) is 79.9 Å². The molecule has 3 aliphatic rings. The average Bonchev–Trinajstić information content (AvgIpc) is 3.66. The van der Waals surface area contributed by atoms with Gasteiger partial charge in [-0.05, 0) is 49.6 Å². The van der Waals surface area contributed by atoms with E-state index in [0.717, 1.165) is 12.0 Å². The smallest absolute Gasteiger partial charge is 0.251 e. The lowest BCUT2D eigenvalue weighted by Gasteiger charge is -2.39. The number of hydrogen-bond acceptors (Lipinski definition) is 6. The van der Waals surface area contributed by atoms with Gasteiger partial charge in [0.05, 0.1) is 36.3 Å². The van der Waals surface area contributed by atoms with Crippen molar-refractivity contribution in [3.63, 3.8) is 0 Å². The zero-order valence-electron chi connectivity index (χ0n) is 24.2. The van der Waals surface area contributed by atoms with E-state index in [1.165, 1.54) is 0 Å². The molecule has 5 rings (SSSR count). The third-order valence-electron chi connectivity index (χ3n) is 8.84. The quantitative estimate of drug-likeness (QED) is 0.378. The molecule has 3 aliphatic heterocycles. The van der Waals surface area contributed by atoms with Crippen LogP contribution in [-0.4, -0.2) is 81.5 Å². The lowest BCUT2D eigenvalue weighted by molar-refractivity contribution is -0.145. The summed E-state index contributed by atoms with van der Waals surface area (Å²) in [6.07, 6.45) is 4.77. The molecular formula is C33H39N3O5S. The van der Waals surface area contributed by atoms with E-state index in [4.69, 9.17) is 4.74 Å². The number of carbonyl (C=O) groups is 3. The second kappa shape index (κ2) is 12.4. The van der Waals surface area contributed by atoms with E-state index < -0.39 is 28.7 Å². The molecule has 0 saturated carbocycles. The van der Waals surface area contributed by atoms with Gasteiger partial charge in [-0.15, -0.1) is 24.9 Å². The molecule has 9 heteroatoms. The van der Waals surface area contributed by atoms with Crippen LogP contribution in [0.1, 0.15) is 25.3 Å². The molecule has 0 aliphatic carbocycles. The molecule has 3 amide bonds. The number of anilines is 1. The Balaban J connectivity index is 1.52. The highest BCUT2D eigenvalue weighted by Crippen LogP contribution is 2.67. The van der Waals surface area contributed by atoms with Crippen LogP contribution < -0.4 is 9.64 Å². The highest BCUT2D eigenvalue weighted by Gasteiger charge is 2.74. The molecule has 1 N–H and O–H groups in total. The Morgan fingerprint density at radius 1 is 1.12 bits per heavy atom. The summed E-state index contributed by atoms with van der Waals surface area (Å²) in [4.78, 5) is 48.2. The van der Waals surface area contributed by atoms with Crippen LogP contribution in [0.4, 0.5) is 5.69 Å². The Labute approximate surface area is 252 Å². The standard InChI is InChI=1S/C33H39N3O5S/c1-5-18-34(20-23-10-8-7-9-11-23)30(38)27-26-16-17-33(42-26)28(27)31(39)36(22(3)21-37)29(33)32(40)35(19-6-2)24-12-14-25(41-4)15-13-24/h5-15,22,26-29,37H,1-2,16-21H2,3-4H3/t22-,26-,27+,28+,29?,33?/m1/s1. The zero-order valence-corrected chi connectivity index (χ0v) is 25.0. The van der Waals surface area contributed by atoms with Crippen LogP contribution in [0.5, 0.6) is 5.75 Å². The Kier molecular flexibility index (Phi) is 8.80. The van der Waals surface area contributed by atoms with Gasteiger partial charge in [-0.25, -0.2) is 0 Å². The summed E-state index contributed by atoms with van der Waals surface area (Å²) in [7, 11) is 1.58. The van der Waals surface area contributed by atoms with Gasteiger partial charge in [0.25, 0.3) is 5.91 Å². The number of aliphatic hydroxyl groups excluding tert-OH is 1. The lowest BCUT2D eigenvalue weighted by atomic mass is 9.70. The second-order valence-corrected chi connectivity index (χ2v) is 12.9. The Hall–Kier alpha value is -3.56. The highest BCUT2D eigenvalue weighted by atomic mass is 32.2. The molecule has 2 bridgehead atoms. The SMILES string of the molecule is C=CCN(Cc1ccccc1)C(=O)[C@@H]1[C@H]2C(=O)N([C@H](C)CO)C(C(=O)N(CC=C)c3ccc(OC)cc3)C23CC[C@H]1S3. The summed E-state index contributed by atoms with van der Waals surface area (Å²) in [5.74, 6) is -1.08. The maximum Gasteiger partial charge on any atom is 0.251 e. The fourth-order valence-corrected chi connectivity index (χ4v) is 9.17. The first-order valence-corrected chi connectivity index (χ1v) is 15.3. The predicted octanol–water partition coefficient (Wildman–Crippen LogP) is 3.90. The number of fused-ring (bicyclic) bond motifs is 1. The molecule has 1 spiro atoms. The van der Waals surface area contributed by atoms with E-state index >= 15 is 0 Å². The first kappa shape index (κ1) is 29.9. The monoisotopic (exact) mass is 589 g/mol. The van der Waals surface area contributed by atoms with E-state index in [-0.39, 0.29) is 36.1 Å². The maximum atomic E-state index is 14.6. The Morgan fingerprint density at radius 2 is 1.81 bits per heavy atom. The Morgan fingerprint density at radius 3 is 2.43 bits per heavy atom. The van der Waals surface area contributed by atoms with Gasteiger partial charge in [-0.2, -0.15) is 0 Å². The summed E-state index contributed by atoms with van der Waals surface area (Å²) in [6.45, 7) is 10.2. The van der Waals surface area contributed by atoms with Crippen LogP contribution in [0.25, 0.3) is 0 Å². The summed E-state index contributed by atoms with van der Waals surface area (Å²) < 4.78 is 4.54. The third kappa shape index (κ3) is 5.02. The number of ether oxygens (including phenoxy) is 1. The second-order valence-electron chi connectivity index (χ2n) is 11.3. The molecular weight excluding hydrogens is 550 g/mol. The number of aliphatic hydroxyl groups is 1. The minimum atomic E-state index is -0.825. The average molecular weight is 590 g/mol. The van der Waals surface area contributed by atoms with E-state index in [1.807, 2.05) is 42.5 Å². The number of carbonyl (C=O) groups excluding carboxylic acids is 3. The van der Waals surface area contributed by atoms with Crippen LogP contribution in [0, 0.1) is 11.8 Å². The minimum absolute atomic E-state index is 0.0646. The summed E-state index contributed by atoms with van der Waals surface area (Å²) in [5.41, 5.74) is 1.66. The number of benzene rings is 2. The first-order valence-electron chi connectivity index (χ1n) is 14.4. The summed E-state index contributed by atoms with van der Waals surface area (Å²) in [5, 5.41) is 10.2. The first-order chi connectivity index (χ1) is 20.3. The molecule has 2 aromatic carbocycles. The number of likely N-dealkylation sites (tertiary alicyclic amines) is 1. The topological polar surface area (TPSA) is 90.4 Å². The van der Waals surface area contributed by atoms with Gasteiger partial charge in [0.15, 0.2) is 0 Å². The van der Waals surface area contributed by atoms with Gasteiger partial charge >= 0.3 is 0 Å². The van der Waals surface area contributed by atoms with E-state index in [9.17, 15) is 19.5 Å². The number of amides is 3. The molecule has 0 radical (unpaired) electrons. The number of hydrogen-bond donors (Lipinski definition) is 1. The van der Waals surface area contributed by atoms with E-state index in [0.29, 0.717) is 30.9 Å². The summed E-state index contributed by atoms with van der Waals surface area (Å²) in [6, 6.07) is 15.6. The van der Waals surface area contributed by atoms with Crippen LogP contribution in [-0.2, 0) is 20.9 Å². The Bertz CT molecular complexity index is 1330. The van der Waals surface area contributed by atoms with E-state index in [1.54, 1.807) is 64.8 Å². The number of nitrogens with zero attached hydrogens (tertiary/aromatic N) is 3. The third-order valence-corrected chi connectivity index (χ3v) is 10.8. The van der Waals surface area contributed by atoms with Crippen molar-refractivity contribution in [1.82, 2.24) is 9.80 Å². The fourth-order valence-electron chi connectivity index (χ4n) is 6.98. The van der Waals surface area contributed by atoms with Crippen molar-refractivity contribution in [2.75, 3.05) is 31.7 Å². The van der Waals surface area contributed by atoms with Crippen LogP contribution in [0.3, 0.4) is 0 Å². The van der Waals surface area contributed by atoms with Crippen molar-refractivity contribution >= 4 is 35.2 Å². The number of rotatable bonds is 12. The molecule has 3 heterocycles. The van der Waals surface area contributed by atoms with Crippen molar-refractivity contribution in [3.8, 4) is 5.75 Å². The molecule has 8 nitrogen and oxygen atoms in total. The molecule has 0 aromatic heterocycles. The molecule has 3 saturated heterocycles. The lowest BCUT2D eigenvalue weighted by Crippen LogP contribution is -2.57. The summed E-state index contributed by atoms with van der Waals surface area (Å²) >= 11 is 1.63. The van der Waals surface area contributed by atoms with Crippen molar-refractivity contribution < 1.29 is 24.2 Å². The van der Waals surface area contributed by atoms with Gasteiger partial charge in [0, 0.05) is 30.6 Å². The van der Waals surface area contributed by atoms with Gasteiger partial charge < -0.3 is 24.5 Å². The highest BCUT2D eigenvalue weighted by molar-refractivity contribution is 8.02. The molecule has 6 atom stereocenters. The molecule has 2 unspecified atom stereocenters. The molecule has 2 aromatic rings. The zero-order chi connectivity index (χ0) is 30.0. The van der Waals surface area contributed by atoms with Gasteiger partial charge in [0.1, 0.15) is 11.8 Å². The van der Waals surface area contributed by atoms with Gasteiger partial charge in [-0.3, -0.25) is 14.4 Å². The van der Waals surface area contributed by atoms with Crippen LogP contribution >= 0.6 is 11.8 Å². The number of methoxy groups -OCH3 is 1. The number of thioether (sulfide) groups is 1. The van der Waals surface area contributed by atoms with Crippen molar-refractivity contribution in [3.05, 3.63) is 85.5 Å². The van der Waals surface area contributed by atoms with Gasteiger partial charge in [-0.1, -0.05) is 42.5 Å².